The van der Waals surface area contributed by atoms with Crippen molar-refractivity contribution in [2.75, 3.05) is 0 Å². The molecule has 0 saturated carbocycles. The molecular formula is C24H27NO2. The second kappa shape index (κ2) is 11.0. The zero-order valence-electron chi connectivity index (χ0n) is 16.2. The number of hydrogen-bond acceptors (Lipinski definition) is 3. The van der Waals surface area contributed by atoms with Gasteiger partial charge in [0.25, 0.3) is 0 Å². The van der Waals surface area contributed by atoms with Gasteiger partial charge in [-0.15, -0.1) is 0 Å². The normalized spacial score (nSPS) is 11.9. The molecule has 3 heteroatoms. The molecule has 0 aliphatic rings. The van der Waals surface area contributed by atoms with Crippen LogP contribution in [0.25, 0.3) is 6.08 Å². The third-order valence-corrected chi connectivity index (χ3v) is 4.68. The lowest BCUT2D eigenvalue weighted by molar-refractivity contribution is -0.129. The fourth-order valence-corrected chi connectivity index (χ4v) is 3.07. The molecular weight excluding hydrogens is 334 g/mol. The summed E-state index contributed by atoms with van der Waals surface area (Å²) in [6.07, 6.45) is 8.50. The molecule has 0 aromatic heterocycles. The van der Waals surface area contributed by atoms with Gasteiger partial charge in [-0.1, -0.05) is 82.0 Å². The predicted octanol–water partition coefficient (Wildman–Crippen LogP) is 5.94. The van der Waals surface area contributed by atoms with Gasteiger partial charge in [0.15, 0.2) is 5.75 Å². The number of nitriles is 1. The van der Waals surface area contributed by atoms with Crippen LogP contribution in [0.3, 0.4) is 0 Å². The van der Waals surface area contributed by atoms with Gasteiger partial charge in [0.2, 0.25) is 0 Å². The highest BCUT2D eigenvalue weighted by Gasteiger charge is 2.16. The number of esters is 1. The molecule has 0 bridgehead atoms. The summed E-state index contributed by atoms with van der Waals surface area (Å²) in [5.74, 6) is 0.457. The number of unbranched alkanes of at least 4 members (excludes halogenated alkanes) is 1. The zero-order valence-corrected chi connectivity index (χ0v) is 16.2. The summed E-state index contributed by atoms with van der Waals surface area (Å²) in [6.45, 7) is 4.37. The van der Waals surface area contributed by atoms with Crippen LogP contribution in [0, 0.1) is 17.2 Å². The Balaban J connectivity index is 2.17. The largest absolute Gasteiger partial charge is 0.422 e. The summed E-state index contributed by atoms with van der Waals surface area (Å²) in [5, 5.41) is 9.44. The van der Waals surface area contributed by atoms with Crippen molar-refractivity contribution in [2.45, 2.75) is 46.0 Å². The summed E-state index contributed by atoms with van der Waals surface area (Å²) in [7, 11) is 0. The quantitative estimate of drug-likeness (QED) is 0.316. The van der Waals surface area contributed by atoms with Gasteiger partial charge >= 0.3 is 5.97 Å². The molecule has 140 valence electrons. The topological polar surface area (TPSA) is 50.1 Å². The van der Waals surface area contributed by atoms with E-state index in [9.17, 15) is 10.1 Å². The molecule has 2 aromatic carbocycles. The molecule has 2 aromatic rings. The number of nitrogens with zero attached hydrogens (tertiary/aromatic N) is 1. The molecule has 0 amide bonds. The lowest BCUT2D eigenvalue weighted by Crippen LogP contribution is -2.10. The Labute approximate surface area is 162 Å². The molecule has 0 aliphatic heterocycles. The highest BCUT2D eigenvalue weighted by atomic mass is 16.5. The molecule has 1 atom stereocenters. The third kappa shape index (κ3) is 6.42. The molecule has 0 fully saturated rings. The zero-order chi connectivity index (χ0) is 19.5. The minimum atomic E-state index is -0.468. The summed E-state index contributed by atoms with van der Waals surface area (Å²) in [6, 6.07) is 17.2. The highest BCUT2D eigenvalue weighted by molar-refractivity contribution is 5.89. The summed E-state index contributed by atoms with van der Waals surface area (Å²) in [4.78, 5) is 12.3. The van der Waals surface area contributed by atoms with Gasteiger partial charge < -0.3 is 4.74 Å². The van der Waals surface area contributed by atoms with Crippen molar-refractivity contribution in [1.82, 2.24) is 0 Å². The standard InChI is InChI=1S/C24H27NO2/c1-3-5-10-19(4-2)17-21-13-9-14-22(18-25)24(21)27-23(26)16-15-20-11-7-6-8-12-20/h6-9,11-16,19H,3-5,10,17H2,1-2H3/b16-15+. The second-order valence-corrected chi connectivity index (χ2v) is 6.69. The Morgan fingerprint density at radius 1 is 1.15 bits per heavy atom. The van der Waals surface area contributed by atoms with E-state index in [1.165, 1.54) is 18.9 Å². The van der Waals surface area contributed by atoms with Gasteiger partial charge in [-0.2, -0.15) is 5.26 Å². The minimum Gasteiger partial charge on any atom is -0.422 e. The van der Waals surface area contributed by atoms with Crippen LogP contribution in [0.5, 0.6) is 5.75 Å². The maximum atomic E-state index is 12.3. The fraction of sp³-hybridized carbons (Fsp3) is 0.333. The SMILES string of the molecule is CCCCC(CC)Cc1cccc(C#N)c1OC(=O)/C=C/c1ccccc1. The van der Waals surface area contributed by atoms with Crippen LogP contribution in [-0.2, 0) is 11.2 Å². The van der Waals surface area contributed by atoms with Gasteiger partial charge in [0.1, 0.15) is 6.07 Å². The van der Waals surface area contributed by atoms with E-state index >= 15 is 0 Å². The van der Waals surface area contributed by atoms with Crippen molar-refractivity contribution in [1.29, 1.82) is 5.26 Å². The Hall–Kier alpha value is -2.86. The first-order valence-corrected chi connectivity index (χ1v) is 9.64. The van der Waals surface area contributed by atoms with Crippen molar-refractivity contribution in [3.63, 3.8) is 0 Å². The van der Waals surface area contributed by atoms with Crippen molar-refractivity contribution in [3.8, 4) is 11.8 Å². The molecule has 0 aliphatic carbocycles. The lowest BCUT2D eigenvalue weighted by atomic mass is 9.91. The first-order chi connectivity index (χ1) is 13.2. The van der Waals surface area contributed by atoms with E-state index in [4.69, 9.17) is 4.74 Å². The maximum Gasteiger partial charge on any atom is 0.336 e. The summed E-state index contributed by atoms with van der Waals surface area (Å²) < 4.78 is 5.59. The van der Waals surface area contributed by atoms with Gasteiger partial charge in [-0.3, -0.25) is 0 Å². The van der Waals surface area contributed by atoms with Crippen LogP contribution < -0.4 is 4.74 Å². The molecule has 3 nitrogen and oxygen atoms in total. The van der Waals surface area contributed by atoms with E-state index in [0.29, 0.717) is 17.2 Å². The fourth-order valence-electron chi connectivity index (χ4n) is 3.07. The van der Waals surface area contributed by atoms with Crippen LogP contribution in [-0.4, -0.2) is 5.97 Å². The van der Waals surface area contributed by atoms with Gasteiger partial charge in [-0.05, 0) is 35.6 Å². The van der Waals surface area contributed by atoms with Crippen molar-refractivity contribution in [2.24, 2.45) is 5.92 Å². The molecule has 2 rings (SSSR count). The number of benzene rings is 2. The molecule has 0 radical (unpaired) electrons. The van der Waals surface area contributed by atoms with Crippen LogP contribution >= 0.6 is 0 Å². The monoisotopic (exact) mass is 361 g/mol. The number of para-hydroxylation sites is 1. The Bertz CT molecular complexity index is 803. The smallest absolute Gasteiger partial charge is 0.336 e. The first kappa shape index (κ1) is 20.5. The Morgan fingerprint density at radius 3 is 2.59 bits per heavy atom. The highest BCUT2D eigenvalue weighted by Crippen LogP contribution is 2.29. The van der Waals surface area contributed by atoms with Gasteiger partial charge in [0, 0.05) is 6.08 Å². The molecule has 0 heterocycles. The molecule has 0 saturated heterocycles. The van der Waals surface area contributed by atoms with Crippen LogP contribution in [0.1, 0.15) is 56.2 Å². The number of carbonyl (C=O) groups excluding carboxylic acids is 1. The third-order valence-electron chi connectivity index (χ3n) is 4.68. The van der Waals surface area contributed by atoms with Crippen molar-refractivity contribution in [3.05, 3.63) is 71.3 Å². The second-order valence-electron chi connectivity index (χ2n) is 6.69. The number of ether oxygens (including phenoxy) is 1. The average Bonchev–Trinajstić information content (AvgIpc) is 2.71. The van der Waals surface area contributed by atoms with Crippen molar-refractivity contribution >= 4 is 12.0 Å². The molecule has 0 N–H and O–H groups in total. The number of carbonyl (C=O) groups is 1. The van der Waals surface area contributed by atoms with Crippen LogP contribution in [0.4, 0.5) is 0 Å². The van der Waals surface area contributed by atoms with Gasteiger partial charge in [-0.25, -0.2) is 4.79 Å². The number of hydrogen-bond donors (Lipinski definition) is 0. The Kier molecular flexibility index (Phi) is 8.32. The summed E-state index contributed by atoms with van der Waals surface area (Å²) in [5.41, 5.74) is 2.26. The minimum absolute atomic E-state index is 0.401. The van der Waals surface area contributed by atoms with E-state index in [1.54, 1.807) is 12.1 Å². The molecule has 27 heavy (non-hydrogen) atoms. The molecule has 1 unspecified atom stereocenters. The van der Waals surface area contributed by atoms with Gasteiger partial charge in [0.05, 0.1) is 5.56 Å². The summed E-state index contributed by atoms with van der Waals surface area (Å²) >= 11 is 0. The van der Waals surface area contributed by atoms with Crippen molar-refractivity contribution < 1.29 is 9.53 Å². The number of rotatable bonds is 9. The van der Waals surface area contributed by atoms with E-state index in [2.05, 4.69) is 19.9 Å². The van der Waals surface area contributed by atoms with E-state index in [-0.39, 0.29) is 0 Å². The van der Waals surface area contributed by atoms with E-state index in [1.807, 2.05) is 42.5 Å². The van der Waals surface area contributed by atoms with Crippen LogP contribution in [0.15, 0.2) is 54.6 Å². The lowest BCUT2D eigenvalue weighted by Gasteiger charge is -2.17. The van der Waals surface area contributed by atoms with Crippen LogP contribution in [0.2, 0.25) is 0 Å². The maximum absolute atomic E-state index is 12.3. The Morgan fingerprint density at radius 2 is 1.93 bits per heavy atom. The average molecular weight is 361 g/mol. The van der Waals surface area contributed by atoms with E-state index in [0.717, 1.165) is 30.4 Å². The molecule has 0 spiro atoms. The van der Waals surface area contributed by atoms with E-state index < -0.39 is 5.97 Å². The predicted molar refractivity (Wildman–Crippen MR) is 109 cm³/mol. The first-order valence-electron chi connectivity index (χ1n) is 9.64.